The summed E-state index contributed by atoms with van der Waals surface area (Å²) < 4.78 is 20.3. The summed E-state index contributed by atoms with van der Waals surface area (Å²) in [6.45, 7) is 0.794. The van der Waals surface area contributed by atoms with Gasteiger partial charge in [-0.1, -0.05) is 84.9 Å². The maximum atomic E-state index is 13.9. The van der Waals surface area contributed by atoms with E-state index in [1.807, 2.05) is 128 Å². The van der Waals surface area contributed by atoms with Gasteiger partial charge in [0.05, 0.1) is 16.3 Å². The van der Waals surface area contributed by atoms with Crippen LogP contribution in [0.15, 0.2) is 127 Å². The van der Waals surface area contributed by atoms with Crippen LogP contribution in [0, 0.1) is 0 Å². The van der Waals surface area contributed by atoms with Gasteiger partial charge in [-0.25, -0.2) is 4.79 Å². The fraction of sp³-hybridized carbons (Fsp3) is 0.0857. The van der Waals surface area contributed by atoms with E-state index in [1.165, 1.54) is 0 Å². The number of rotatable bonds is 8. The summed E-state index contributed by atoms with van der Waals surface area (Å²) in [7, 11) is 2.00. The van der Waals surface area contributed by atoms with Gasteiger partial charge in [-0.3, -0.25) is 0 Å². The molecule has 0 atom stereocenters. The molecule has 0 aliphatic carbocycles. The monoisotopic (exact) mass is 526 g/mol. The zero-order valence-corrected chi connectivity index (χ0v) is 22.1. The van der Waals surface area contributed by atoms with Crippen molar-refractivity contribution in [3.05, 3.63) is 144 Å². The normalized spacial score (nSPS) is 10.9. The second kappa shape index (κ2) is 11.3. The quantitative estimate of drug-likeness (QED) is 0.0911. The molecule has 1 aromatic heterocycles. The molecule has 196 valence electrons. The average Bonchev–Trinajstić information content (AvgIpc) is 3.01. The SMILES string of the molecule is C[n+]1c2ccccc2c(C(=O)Oc2ccccc2OCc2ccccc2)c2cc(OCc3ccccc3)ccc21. The summed E-state index contributed by atoms with van der Waals surface area (Å²) in [5, 5.41) is 1.55. The minimum Gasteiger partial charge on any atom is -0.489 e. The number of esters is 1. The first-order chi connectivity index (χ1) is 19.7. The van der Waals surface area contributed by atoms with Crippen molar-refractivity contribution in [2.45, 2.75) is 13.2 Å². The Bertz CT molecular complexity index is 1800. The van der Waals surface area contributed by atoms with E-state index in [4.69, 9.17) is 14.2 Å². The highest BCUT2D eigenvalue weighted by Crippen LogP contribution is 2.32. The number of fused-ring (bicyclic) bond motifs is 2. The third-order valence-electron chi connectivity index (χ3n) is 6.87. The molecule has 0 spiro atoms. The molecule has 0 saturated heterocycles. The molecular formula is C35H28NO4+. The van der Waals surface area contributed by atoms with E-state index < -0.39 is 5.97 Å². The number of aryl methyl sites for hydroxylation is 1. The number of aromatic nitrogens is 1. The molecule has 0 N–H and O–H groups in total. The molecule has 5 nitrogen and oxygen atoms in total. The van der Waals surface area contributed by atoms with Crippen molar-refractivity contribution in [2.75, 3.05) is 0 Å². The maximum Gasteiger partial charge on any atom is 0.345 e. The lowest BCUT2D eigenvalue weighted by atomic mass is 10.0. The molecule has 0 aliphatic heterocycles. The highest BCUT2D eigenvalue weighted by molar-refractivity contribution is 6.13. The molecule has 0 aliphatic rings. The van der Waals surface area contributed by atoms with Crippen molar-refractivity contribution < 1.29 is 23.6 Å². The van der Waals surface area contributed by atoms with Crippen molar-refractivity contribution in [1.82, 2.24) is 0 Å². The summed E-state index contributed by atoms with van der Waals surface area (Å²) in [6.07, 6.45) is 0. The van der Waals surface area contributed by atoms with E-state index >= 15 is 0 Å². The Hall–Kier alpha value is -5.16. The van der Waals surface area contributed by atoms with E-state index in [1.54, 1.807) is 6.07 Å². The van der Waals surface area contributed by atoms with E-state index in [9.17, 15) is 4.79 Å². The Kier molecular flexibility index (Phi) is 7.10. The standard InChI is InChI=1S/C35H28NO4/c1-36-30-17-9-8-16-28(30)34(29-22-27(20-21-31(29)36)38-23-25-12-4-2-5-13-25)35(37)40-33-19-11-10-18-32(33)39-24-26-14-6-3-7-15-26/h2-22H,23-24H2,1H3/q+1. The van der Waals surface area contributed by atoms with Crippen LogP contribution in [-0.4, -0.2) is 5.97 Å². The number of hydrogen-bond acceptors (Lipinski definition) is 4. The summed E-state index contributed by atoms with van der Waals surface area (Å²) in [6, 6.07) is 40.8. The van der Waals surface area contributed by atoms with Crippen LogP contribution in [-0.2, 0) is 20.3 Å². The Balaban J connectivity index is 1.37. The molecule has 0 fully saturated rings. The summed E-state index contributed by atoms with van der Waals surface area (Å²) in [4.78, 5) is 13.9. The summed E-state index contributed by atoms with van der Waals surface area (Å²) in [5.41, 5.74) is 4.39. The maximum absolute atomic E-state index is 13.9. The molecule has 0 unspecified atom stereocenters. The van der Waals surface area contributed by atoms with Crippen LogP contribution in [0.5, 0.6) is 17.2 Å². The lowest BCUT2D eigenvalue weighted by Crippen LogP contribution is -2.31. The Labute approximate surface area is 232 Å². The second-order valence-electron chi connectivity index (χ2n) is 9.51. The third-order valence-corrected chi connectivity index (χ3v) is 6.87. The van der Waals surface area contributed by atoms with Crippen LogP contribution in [0.1, 0.15) is 21.5 Å². The number of para-hydroxylation sites is 3. The van der Waals surface area contributed by atoms with E-state index in [2.05, 4.69) is 4.57 Å². The lowest BCUT2D eigenvalue weighted by molar-refractivity contribution is -0.617. The van der Waals surface area contributed by atoms with Crippen LogP contribution in [0.25, 0.3) is 21.8 Å². The van der Waals surface area contributed by atoms with Crippen LogP contribution < -0.4 is 18.8 Å². The van der Waals surface area contributed by atoms with Crippen molar-refractivity contribution in [3.8, 4) is 17.2 Å². The molecule has 1 heterocycles. The number of benzene rings is 5. The van der Waals surface area contributed by atoms with Gasteiger partial charge in [0.1, 0.15) is 26.0 Å². The van der Waals surface area contributed by atoms with Crippen LogP contribution in [0.3, 0.4) is 0 Å². The third kappa shape index (κ3) is 5.22. The molecule has 5 heteroatoms. The molecule has 0 radical (unpaired) electrons. The van der Waals surface area contributed by atoms with Gasteiger partial charge in [0, 0.05) is 12.1 Å². The van der Waals surface area contributed by atoms with E-state index in [0.717, 1.165) is 32.9 Å². The molecule has 5 aromatic carbocycles. The topological polar surface area (TPSA) is 48.6 Å². The highest BCUT2D eigenvalue weighted by Gasteiger charge is 2.25. The minimum absolute atomic E-state index is 0.366. The first-order valence-electron chi connectivity index (χ1n) is 13.2. The number of hydrogen-bond donors (Lipinski definition) is 0. The van der Waals surface area contributed by atoms with Crippen LogP contribution >= 0.6 is 0 Å². The number of carbonyl (C=O) groups is 1. The van der Waals surface area contributed by atoms with Crippen molar-refractivity contribution in [2.24, 2.45) is 7.05 Å². The predicted octanol–water partition coefficient (Wildman–Crippen LogP) is 7.19. The van der Waals surface area contributed by atoms with E-state index in [-0.39, 0.29) is 0 Å². The summed E-state index contributed by atoms with van der Waals surface area (Å²) >= 11 is 0. The smallest absolute Gasteiger partial charge is 0.345 e. The zero-order chi connectivity index (χ0) is 27.3. The molecule has 0 saturated carbocycles. The number of pyridine rings is 1. The second-order valence-corrected chi connectivity index (χ2v) is 9.51. The fourth-order valence-electron chi connectivity index (χ4n) is 4.85. The van der Waals surface area contributed by atoms with Gasteiger partial charge in [0.2, 0.25) is 11.0 Å². The van der Waals surface area contributed by atoms with Crippen molar-refractivity contribution in [3.63, 3.8) is 0 Å². The van der Waals surface area contributed by atoms with Gasteiger partial charge < -0.3 is 14.2 Å². The number of ether oxygens (including phenoxy) is 3. The van der Waals surface area contributed by atoms with Crippen molar-refractivity contribution in [1.29, 1.82) is 0 Å². The Morgan fingerprint density at radius 3 is 1.90 bits per heavy atom. The van der Waals surface area contributed by atoms with E-state index in [0.29, 0.717) is 36.0 Å². The molecular weight excluding hydrogens is 498 g/mol. The van der Waals surface area contributed by atoms with Gasteiger partial charge in [0.25, 0.3) is 0 Å². The largest absolute Gasteiger partial charge is 0.489 e. The van der Waals surface area contributed by atoms with Crippen LogP contribution in [0.4, 0.5) is 0 Å². The van der Waals surface area contributed by atoms with Gasteiger partial charge in [-0.2, -0.15) is 4.57 Å². The molecule has 0 bridgehead atoms. The minimum atomic E-state index is -0.460. The molecule has 6 rings (SSSR count). The molecule has 40 heavy (non-hydrogen) atoms. The average molecular weight is 527 g/mol. The van der Waals surface area contributed by atoms with Gasteiger partial charge in [-0.05, 0) is 41.5 Å². The Morgan fingerprint density at radius 1 is 0.600 bits per heavy atom. The molecule has 0 amide bonds. The summed E-state index contributed by atoms with van der Waals surface area (Å²) in [5.74, 6) is 1.08. The molecule has 6 aromatic rings. The number of carbonyl (C=O) groups excluding carboxylic acids is 1. The zero-order valence-electron chi connectivity index (χ0n) is 22.1. The fourth-order valence-corrected chi connectivity index (χ4v) is 4.85. The van der Waals surface area contributed by atoms with Gasteiger partial charge in [0.15, 0.2) is 11.5 Å². The van der Waals surface area contributed by atoms with Crippen molar-refractivity contribution >= 4 is 27.8 Å². The first-order valence-corrected chi connectivity index (χ1v) is 13.2. The predicted molar refractivity (Wildman–Crippen MR) is 156 cm³/mol. The lowest BCUT2D eigenvalue weighted by Gasteiger charge is -2.14. The van der Waals surface area contributed by atoms with Gasteiger partial charge in [-0.15, -0.1) is 0 Å². The van der Waals surface area contributed by atoms with Gasteiger partial charge >= 0.3 is 5.97 Å². The number of nitrogens with zero attached hydrogens (tertiary/aromatic N) is 1. The first kappa shape index (κ1) is 25.1. The highest BCUT2D eigenvalue weighted by atomic mass is 16.6. The Morgan fingerprint density at radius 2 is 1.18 bits per heavy atom. The van der Waals surface area contributed by atoms with Crippen LogP contribution in [0.2, 0.25) is 0 Å².